The van der Waals surface area contributed by atoms with Crippen LogP contribution < -0.4 is 0 Å². The highest BCUT2D eigenvalue weighted by atomic mass is 16.7. The van der Waals surface area contributed by atoms with Gasteiger partial charge >= 0.3 is 5.97 Å². The van der Waals surface area contributed by atoms with Gasteiger partial charge in [0.2, 0.25) is 0 Å². The molecule has 5 heavy (non-hydrogen) atoms. The summed E-state index contributed by atoms with van der Waals surface area (Å²) in [5, 5.41) is 23.9. The van der Waals surface area contributed by atoms with Gasteiger partial charge in [-0.2, -0.15) is 5.11 Å². The lowest BCUT2D eigenvalue weighted by Crippen LogP contribution is -2.18. The molecule has 3 heteroatoms. The van der Waals surface area contributed by atoms with Crippen LogP contribution >= 0.6 is 0 Å². The van der Waals surface area contributed by atoms with Crippen LogP contribution in [0.2, 0.25) is 0 Å². The second-order valence-corrected chi connectivity index (χ2v) is 0.743. The Morgan fingerprint density at radius 3 is 1.60 bits per heavy atom. The Labute approximate surface area is 29.5 Å². The SMILES string of the molecule is [CH2]C([O])(O)O. The summed E-state index contributed by atoms with van der Waals surface area (Å²) in [7, 11) is 0. The molecule has 0 fully saturated rings. The molecule has 3 nitrogen and oxygen atoms in total. The van der Waals surface area contributed by atoms with Gasteiger partial charge in [-0.05, 0) is 0 Å². The summed E-state index contributed by atoms with van der Waals surface area (Å²) in [6.07, 6.45) is 0. The summed E-state index contributed by atoms with van der Waals surface area (Å²) in [4.78, 5) is 0. The molecular weight excluding hydrogens is 72.0 g/mol. The maximum absolute atomic E-state index is 9.10. The fraction of sp³-hybridized carbons (Fsp3) is 0.500. The van der Waals surface area contributed by atoms with Crippen LogP contribution in [0.5, 0.6) is 0 Å². The van der Waals surface area contributed by atoms with Gasteiger partial charge in [0, 0.05) is 6.92 Å². The molecule has 30 valence electrons. The summed E-state index contributed by atoms with van der Waals surface area (Å²) in [5.41, 5.74) is 0. The Hall–Kier alpha value is -0.120. The van der Waals surface area contributed by atoms with Crippen molar-refractivity contribution in [2.45, 2.75) is 5.97 Å². The summed E-state index contributed by atoms with van der Waals surface area (Å²) in [6, 6.07) is 0. The third-order valence-corrected chi connectivity index (χ3v) is 0. The zero-order chi connectivity index (χ0) is 4.50. The first-order valence-electron chi connectivity index (χ1n) is 1.00. The number of hydrogen-bond donors (Lipinski definition) is 2. The van der Waals surface area contributed by atoms with E-state index in [1.807, 2.05) is 0 Å². The zero-order valence-electron chi connectivity index (χ0n) is 2.51. The molecule has 0 spiro atoms. The smallest absolute Gasteiger partial charge is 0.307 e. The minimum atomic E-state index is -3.00. The Morgan fingerprint density at radius 1 is 1.60 bits per heavy atom. The lowest BCUT2D eigenvalue weighted by molar-refractivity contribution is -0.310. The van der Waals surface area contributed by atoms with E-state index in [1.54, 1.807) is 0 Å². The molecule has 0 amide bonds. The average Bonchev–Trinajstić information content (AvgIpc) is 0.722. The molecule has 0 saturated heterocycles. The van der Waals surface area contributed by atoms with Crippen LogP contribution in [0.4, 0.5) is 0 Å². The van der Waals surface area contributed by atoms with Crippen molar-refractivity contribution in [1.29, 1.82) is 0 Å². The van der Waals surface area contributed by atoms with E-state index in [9.17, 15) is 0 Å². The minimum absolute atomic E-state index is 2.33. The van der Waals surface area contributed by atoms with Crippen molar-refractivity contribution >= 4 is 0 Å². The zero-order valence-corrected chi connectivity index (χ0v) is 2.51. The molecule has 2 radical (unpaired) electrons. The maximum Gasteiger partial charge on any atom is 0.307 e. The Morgan fingerprint density at radius 2 is 1.60 bits per heavy atom. The van der Waals surface area contributed by atoms with E-state index in [2.05, 4.69) is 6.92 Å². The van der Waals surface area contributed by atoms with Crippen molar-refractivity contribution in [3.05, 3.63) is 6.92 Å². The highest BCUT2D eigenvalue weighted by molar-refractivity contribution is 4.41. The molecule has 0 rings (SSSR count). The first-order valence-corrected chi connectivity index (χ1v) is 1.00. The van der Waals surface area contributed by atoms with Crippen LogP contribution in [0.1, 0.15) is 0 Å². The van der Waals surface area contributed by atoms with Crippen LogP contribution in [0.15, 0.2) is 0 Å². The molecule has 0 heterocycles. The topological polar surface area (TPSA) is 60.4 Å². The van der Waals surface area contributed by atoms with Gasteiger partial charge in [0.1, 0.15) is 0 Å². The molecule has 2 N–H and O–H groups in total. The quantitative estimate of drug-likeness (QED) is 0.359. The summed E-state index contributed by atoms with van der Waals surface area (Å²) >= 11 is 0. The summed E-state index contributed by atoms with van der Waals surface area (Å²) < 4.78 is 0. The lowest BCUT2D eigenvalue weighted by Gasteiger charge is -1.97. The van der Waals surface area contributed by atoms with Crippen LogP contribution in [-0.4, -0.2) is 16.2 Å². The standard InChI is InChI=1S/C2H4O3/c1-2(3,4)5/h3-4H,1H2. The first-order chi connectivity index (χ1) is 2.00. The fourth-order valence-corrected chi connectivity index (χ4v) is 0. The van der Waals surface area contributed by atoms with E-state index in [1.165, 1.54) is 0 Å². The minimum Gasteiger partial charge on any atom is -0.342 e. The Kier molecular flexibility index (Phi) is 0.908. The lowest BCUT2D eigenvalue weighted by atomic mass is 10.7. The van der Waals surface area contributed by atoms with Crippen LogP contribution in [0.3, 0.4) is 0 Å². The van der Waals surface area contributed by atoms with Crippen molar-refractivity contribution in [3.8, 4) is 0 Å². The van der Waals surface area contributed by atoms with E-state index in [0.29, 0.717) is 0 Å². The highest BCUT2D eigenvalue weighted by Crippen LogP contribution is 1.83. The second kappa shape index (κ2) is 0.931. The maximum atomic E-state index is 9.10. The van der Waals surface area contributed by atoms with Gasteiger partial charge < -0.3 is 10.2 Å². The normalized spacial score (nSPS) is 12.0. The Bertz CT molecular complexity index is 20.4. The molecular formula is C2H4O3. The van der Waals surface area contributed by atoms with E-state index in [0.717, 1.165) is 0 Å². The average molecular weight is 76.1 g/mol. The first kappa shape index (κ1) is 4.88. The second-order valence-electron chi connectivity index (χ2n) is 0.743. The molecule has 0 aromatic carbocycles. The molecule has 0 aliphatic rings. The van der Waals surface area contributed by atoms with Gasteiger partial charge in [-0.1, -0.05) is 0 Å². The van der Waals surface area contributed by atoms with Crippen LogP contribution in [-0.2, 0) is 5.11 Å². The van der Waals surface area contributed by atoms with Crippen LogP contribution in [0.25, 0.3) is 0 Å². The molecule has 0 aliphatic heterocycles. The molecule has 0 aliphatic carbocycles. The Balaban J connectivity index is 3.02. The predicted molar refractivity (Wildman–Crippen MR) is 13.2 cm³/mol. The monoisotopic (exact) mass is 76.0 g/mol. The van der Waals surface area contributed by atoms with Crippen molar-refractivity contribution in [1.82, 2.24) is 0 Å². The van der Waals surface area contributed by atoms with Gasteiger partial charge in [-0.25, -0.2) is 0 Å². The largest absolute Gasteiger partial charge is 0.342 e. The van der Waals surface area contributed by atoms with E-state index < -0.39 is 5.97 Å². The number of hydrogen-bond acceptors (Lipinski definition) is 2. The molecule has 0 aromatic heterocycles. The molecule has 0 saturated carbocycles. The third-order valence-electron chi connectivity index (χ3n) is 0. The van der Waals surface area contributed by atoms with Crippen molar-refractivity contribution < 1.29 is 15.3 Å². The summed E-state index contributed by atoms with van der Waals surface area (Å²) in [5.74, 6) is -3.00. The van der Waals surface area contributed by atoms with Gasteiger partial charge in [-0.15, -0.1) is 0 Å². The molecule has 0 bridgehead atoms. The van der Waals surface area contributed by atoms with E-state index >= 15 is 0 Å². The van der Waals surface area contributed by atoms with E-state index in [-0.39, 0.29) is 0 Å². The molecule has 0 atom stereocenters. The highest BCUT2D eigenvalue weighted by Gasteiger charge is 2.07. The molecule has 0 unspecified atom stereocenters. The van der Waals surface area contributed by atoms with E-state index in [4.69, 9.17) is 15.3 Å². The van der Waals surface area contributed by atoms with Gasteiger partial charge in [0.25, 0.3) is 0 Å². The predicted octanol–water partition coefficient (Wildman–Crippen LogP) is -1.11. The third kappa shape index (κ3) is 952. The fourth-order valence-electron chi connectivity index (χ4n) is 0. The van der Waals surface area contributed by atoms with Crippen molar-refractivity contribution in [3.63, 3.8) is 0 Å². The number of rotatable bonds is 0. The van der Waals surface area contributed by atoms with Crippen LogP contribution in [0, 0.1) is 6.92 Å². The number of aliphatic hydroxyl groups is 2. The molecule has 0 aromatic rings. The van der Waals surface area contributed by atoms with Gasteiger partial charge in [-0.3, -0.25) is 0 Å². The van der Waals surface area contributed by atoms with Crippen molar-refractivity contribution in [2.24, 2.45) is 0 Å². The van der Waals surface area contributed by atoms with Gasteiger partial charge in [0.05, 0.1) is 0 Å². The van der Waals surface area contributed by atoms with Crippen molar-refractivity contribution in [2.75, 3.05) is 0 Å². The summed E-state index contributed by atoms with van der Waals surface area (Å²) in [6.45, 7) is 2.33. The van der Waals surface area contributed by atoms with Gasteiger partial charge in [0.15, 0.2) is 0 Å².